The van der Waals surface area contributed by atoms with Crippen LogP contribution in [0.15, 0.2) is 250 Å². The lowest BCUT2D eigenvalue weighted by Crippen LogP contribution is -2.29. The first-order valence-corrected chi connectivity index (χ1v) is 42.4. The predicted molar refractivity (Wildman–Crippen MR) is 486 cm³/mol. The lowest BCUT2D eigenvalue weighted by Gasteiger charge is -2.29. The van der Waals surface area contributed by atoms with Gasteiger partial charge in [0.1, 0.15) is 0 Å². The van der Waals surface area contributed by atoms with Crippen molar-refractivity contribution in [3.63, 3.8) is 0 Å². The number of phenols is 5. The Hall–Kier alpha value is -14.9. The Morgan fingerprint density at radius 1 is 0.242 bits per heavy atom. The Kier molecular flexibility index (Phi) is 28.1. The molecule has 5 N–H and O–H groups in total. The maximum Gasteiger partial charge on any atom is 0.194 e. The van der Waals surface area contributed by atoms with Gasteiger partial charge in [-0.1, -0.05) is 30.3 Å². The fourth-order valence-corrected chi connectivity index (χ4v) is 15.8. The summed E-state index contributed by atoms with van der Waals surface area (Å²) in [5, 5.41) is 70.5. The summed E-state index contributed by atoms with van der Waals surface area (Å²) in [5.41, 5.74) is 15.7. The van der Waals surface area contributed by atoms with Crippen LogP contribution >= 0.6 is 0 Å². The zero-order valence-electron chi connectivity index (χ0n) is 71.5. The zero-order valence-corrected chi connectivity index (χ0v) is 71.5. The summed E-state index contributed by atoms with van der Waals surface area (Å²) in [6, 6.07) is 62.3. The third-order valence-electron chi connectivity index (χ3n) is 22.8. The number of methoxy groups -OCH3 is 5. The number of aromatic hydroxyl groups is 5. The number of anilines is 4. The van der Waals surface area contributed by atoms with E-state index in [0.29, 0.717) is 44.9 Å². The molecule has 0 radical (unpaired) electrons. The lowest BCUT2D eigenvalue weighted by molar-refractivity contribution is 0.357. The first-order chi connectivity index (χ1) is 62.3. The molecule has 29 heteroatoms. The highest BCUT2D eigenvalue weighted by Crippen LogP contribution is 2.41. The van der Waals surface area contributed by atoms with Crippen molar-refractivity contribution in [3.8, 4) is 142 Å². The molecule has 24 nitrogen and oxygen atoms in total. The van der Waals surface area contributed by atoms with Gasteiger partial charge < -0.3 is 68.8 Å². The minimum Gasteiger partial charge on any atom is -0.502 e. The van der Waals surface area contributed by atoms with Crippen LogP contribution in [0.2, 0.25) is 0 Å². The fourth-order valence-electron chi connectivity index (χ4n) is 15.8. The summed E-state index contributed by atoms with van der Waals surface area (Å²) in [7, 11) is 6.95. The summed E-state index contributed by atoms with van der Waals surface area (Å²) in [6.45, 7) is 8.78. The molecular formula is C99H99F5N14O10. The molecule has 0 atom stereocenters. The Morgan fingerprint density at radius 3 is 0.797 bits per heavy atom. The van der Waals surface area contributed by atoms with E-state index in [1.54, 1.807) is 84.5 Å². The maximum absolute atomic E-state index is 13.9. The summed E-state index contributed by atoms with van der Waals surface area (Å²) >= 11 is 0. The van der Waals surface area contributed by atoms with E-state index in [-0.39, 0.29) is 28.7 Å². The number of halogens is 5. The first-order valence-electron chi connectivity index (χ1n) is 42.4. The number of nitrogens with zero attached hydrogens (tertiary/aromatic N) is 14. The molecule has 4 aliphatic rings. The number of ether oxygens (including phenoxy) is 5. The van der Waals surface area contributed by atoms with Crippen LogP contribution in [0.3, 0.4) is 0 Å². The van der Waals surface area contributed by atoms with Gasteiger partial charge in [-0.15, -0.1) is 0 Å². The Morgan fingerprint density at radius 2 is 0.492 bits per heavy atom. The molecule has 15 aromatic rings. The van der Waals surface area contributed by atoms with Crippen molar-refractivity contribution in [2.24, 2.45) is 0 Å². The fraction of sp³-hybridized carbons (Fsp3) is 0.242. The van der Waals surface area contributed by atoms with Gasteiger partial charge in [0.15, 0.2) is 86.6 Å². The van der Waals surface area contributed by atoms with Gasteiger partial charge in [0, 0.05) is 134 Å². The van der Waals surface area contributed by atoms with Crippen LogP contribution in [0.25, 0.3) is 84.5 Å². The molecule has 9 heterocycles. The van der Waals surface area contributed by atoms with Gasteiger partial charge in [-0.05, 0) is 258 Å². The summed E-state index contributed by atoms with van der Waals surface area (Å²) in [4.78, 5) is 9.59. The van der Waals surface area contributed by atoms with E-state index in [1.165, 1.54) is 159 Å². The molecule has 0 amide bonds. The van der Waals surface area contributed by atoms with Crippen LogP contribution in [-0.4, -0.2) is 162 Å². The van der Waals surface area contributed by atoms with Gasteiger partial charge in [0.25, 0.3) is 0 Å². The molecule has 0 spiro atoms. The number of para-hydroxylation sites is 1. The third kappa shape index (κ3) is 20.7. The topological polar surface area (TPSA) is 249 Å². The molecule has 4 aliphatic heterocycles. The van der Waals surface area contributed by atoms with Crippen LogP contribution in [0.4, 0.5) is 44.7 Å². The standard InChI is InChI=1S/3C21H22FN3O2.C20H20FN3O2.C16H13FN2O2/c1-27-20-14-15(13-18(22)21(20)26)19-9-12-25(23-19)17-7-5-16(6-8-17)24-10-3-2-4-11-24;2*1-27-20-11-15(10-19(22)21(20)26)16-13-23-25(14-16)18-7-5-6-17(12-18)24-8-3-2-4-9-24;1-26-19-13-14(12-17(21)20(19)25)18-8-11-24(22-18)16-6-4-15(5-7-16)23-9-2-3-10-23;1-21-15-10-11(9-13(17)16(15)20)14-7-8-19(18-14)12-5-3-2-4-6-12/h5-9,12-14,26H,2-4,10-11H2,1H3;2*5-7,10-14,26H,2-4,8-9H2,1H3;4-8,11-13,25H,2-3,9-10H2,1H3;2-10,20H,1H3. The van der Waals surface area contributed by atoms with E-state index in [2.05, 4.69) is 93.6 Å². The van der Waals surface area contributed by atoms with Crippen molar-refractivity contribution in [3.05, 3.63) is 279 Å². The van der Waals surface area contributed by atoms with Gasteiger partial charge in [0.2, 0.25) is 0 Å². The monoisotopic (exact) mass is 1740 g/mol. The lowest BCUT2D eigenvalue weighted by atomic mass is 10.1. The Labute approximate surface area is 737 Å². The van der Waals surface area contributed by atoms with Gasteiger partial charge in [0.05, 0.1) is 93.5 Å². The number of benzene rings is 10. The van der Waals surface area contributed by atoms with E-state index in [1.807, 2.05) is 110 Å². The maximum atomic E-state index is 13.9. The van der Waals surface area contributed by atoms with E-state index in [9.17, 15) is 47.5 Å². The van der Waals surface area contributed by atoms with Crippen LogP contribution < -0.4 is 43.3 Å². The number of aromatic nitrogens is 10. The minimum atomic E-state index is -0.737. The molecular weight excluding hydrogens is 1640 g/mol. The summed E-state index contributed by atoms with van der Waals surface area (Å²) in [5.74, 6) is -5.62. The van der Waals surface area contributed by atoms with Crippen molar-refractivity contribution in [1.82, 2.24) is 48.9 Å². The molecule has 4 fully saturated rings. The highest BCUT2D eigenvalue weighted by Gasteiger charge is 2.23. The van der Waals surface area contributed by atoms with Gasteiger partial charge in [-0.3, -0.25) is 0 Å². The van der Waals surface area contributed by atoms with Crippen molar-refractivity contribution in [2.75, 3.05) is 108 Å². The number of hydrogen-bond donors (Lipinski definition) is 5. The van der Waals surface area contributed by atoms with E-state index >= 15 is 0 Å². The number of hydrogen-bond acceptors (Lipinski definition) is 19. The highest BCUT2D eigenvalue weighted by atomic mass is 19.1. The van der Waals surface area contributed by atoms with Gasteiger partial charge >= 0.3 is 0 Å². The molecule has 0 bridgehead atoms. The molecule has 0 aliphatic carbocycles. The van der Waals surface area contributed by atoms with E-state index < -0.39 is 57.8 Å². The van der Waals surface area contributed by atoms with Crippen molar-refractivity contribution in [1.29, 1.82) is 0 Å². The SMILES string of the molecule is COc1cc(-c2ccn(-c3ccc(N4CCCC4)cc3)n2)cc(F)c1O.COc1cc(-c2ccn(-c3ccc(N4CCCCC4)cc3)n2)cc(F)c1O.COc1cc(-c2ccn(-c3ccccc3)n2)cc(F)c1O.COc1cc(-c2cnn(-c3cccc(N4CCCCC4)c3)c2)cc(F)c1O.COc1cc(-c2cnn(-c3cccc(N4CCCCC4)c3)c2)cc(F)c1O. The second-order valence-electron chi connectivity index (χ2n) is 31.1. The highest BCUT2D eigenvalue weighted by molar-refractivity contribution is 5.71. The predicted octanol–water partition coefficient (Wildman–Crippen LogP) is 20.5. The Bertz CT molecular complexity index is 6100. The quantitative estimate of drug-likeness (QED) is 0.0472. The molecule has 4 saturated heterocycles. The average Bonchev–Trinajstić information content (AvgIpc) is 1.67. The molecule has 5 aromatic heterocycles. The first kappa shape index (κ1) is 88.0. The van der Waals surface area contributed by atoms with Crippen molar-refractivity contribution < 1.29 is 71.2 Å². The van der Waals surface area contributed by atoms with Crippen LogP contribution in [0, 0.1) is 29.1 Å². The normalized spacial score (nSPS) is 13.7. The van der Waals surface area contributed by atoms with Gasteiger partial charge in [-0.2, -0.15) is 25.5 Å². The molecule has 0 saturated carbocycles. The molecule has 128 heavy (non-hydrogen) atoms. The molecule has 19 rings (SSSR count). The van der Waals surface area contributed by atoms with E-state index in [0.717, 1.165) is 91.9 Å². The second kappa shape index (κ2) is 40.8. The average molecular weight is 1740 g/mol. The molecule has 660 valence electrons. The van der Waals surface area contributed by atoms with Crippen molar-refractivity contribution in [2.45, 2.75) is 70.6 Å². The smallest absolute Gasteiger partial charge is 0.194 e. The van der Waals surface area contributed by atoms with E-state index in [4.69, 9.17) is 23.7 Å². The zero-order chi connectivity index (χ0) is 89.3. The van der Waals surface area contributed by atoms with Crippen molar-refractivity contribution >= 4 is 22.7 Å². The molecule has 0 unspecified atom stereocenters. The number of rotatable bonds is 19. The summed E-state index contributed by atoms with van der Waals surface area (Å²) < 4.78 is 103. The van der Waals surface area contributed by atoms with Crippen LogP contribution in [0.1, 0.15) is 70.6 Å². The van der Waals surface area contributed by atoms with Gasteiger partial charge in [-0.25, -0.2) is 45.4 Å². The molecule has 10 aromatic carbocycles. The van der Waals surface area contributed by atoms with Crippen LogP contribution in [0.5, 0.6) is 57.5 Å². The number of phenolic OH excluding ortho intramolecular Hbond substituents is 5. The summed E-state index contributed by atoms with van der Waals surface area (Å²) in [6.07, 6.45) is 26.3. The number of piperidine rings is 3. The Balaban J connectivity index is 0.000000123. The minimum absolute atomic E-state index is 0.0826. The second-order valence-corrected chi connectivity index (χ2v) is 31.1. The largest absolute Gasteiger partial charge is 0.502 e. The van der Waals surface area contributed by atoms with Crippen LogP contribution in [-0.2, 0) is 0 Å². The third-order valence-corrected chi connectivity index (χ3v) is 22.8.